The first kappa shape index (κ1) is 15.3. The maximum atomic E-state index is 12.0. The Hall–Kier alpha value is -2.62. The molecule has 1 aliphatic rings. The van der Waals surface area contributed by atoms with Gasteiger partial charge in [0.1, 0.15) is 11.5 Å². The van der Waals surface area contributed by atoms with Crippen LogP contribution in [0.1, 0.15) is 41.5 Å². The van der Waals surface area contributed by atoms with Crippen LogP contribution < -0.4 is 9.47 Å². The van der Waals surface area contributed by atoms with Crippen molar-refractivity contribution in [3.63, 3.8) is 0 Å². The molecule has 0 aromatic heterocycles. The third-order valence-corrected chi connectivity index (χ3v) is 3.93. The molecular formula is C19H18O4. The Bertz CT molecular complexity index is 792. The van der Waals surface area contributed by atoms with Crippen molar-refractivity contribution in [1.29, 1.82) is 0 Å². The molecule has 4 nitrogen and oxygen atoms in total. The monoisotopic (exact) mass is 310 g/mol. The molecule has 2 aromatic carbocycles. The van der Waals surface area contributed by atoms with Gasteiger partial charge in [0.25, 0.3) is 0 Å². The van der Waals surface area contributed by atoms with Crippen molar-refractivity contribution in [2.24, 2.45) is 0 Å². The summed E-state index contributed by atoms with van der Waals surface area (Å²) in [6, 6.07) is 11.4. The number of hydrogen-bond acceptors (Lipinski definition) is 4. The normalized spacial score (nSPS) is 16.5. The maximum absolute atomic E-state index is 12.0. The predicted molar refractivity (Wildman–Crippen MR) is 85.8 cm³/mol. The SMILES string of the molecule is CC(=O)Oc1ccc(C)cc1C1CC(=O)Oc2ccc(C)cc21. The van der Waals surface area contributed by atoms with Crippen molar-refractivity contribution in [2.45, 2.75) is 33.1 Å². The Balaban J connectivity index is 2.15. The molecule has 1 unspecified atom stereocenters. The average Bonchev–Trinajstić information content (AvgIpc) is 2.48. The third kappa shape index (κ3) is 3.11. The highest BCUT2D eigenvalue weighted by Crippen LogP contribution is 2.42. The Kier molecular flexibility index (Phi) is 3.90. The van der Waals surface area contributed by atoms with Gasteiger partial charge < -0.3 is 9.47 Å². The lowest BCUT2D eigenvalue weighted by Crippen LogP contribution is -2.22. The molecule has 0 aliphatic carbocycles. The van der Waals surface area contributed by atoms with Crippen molar-refractivity contribution >= 4 is 11.9 Å². The first-order chi connectivity index (χ1) is 10.9. The minimum Gasteiger partial charge on any atom is -0.426 e. The second-order valence-corrected chi connectivity index (χ2v) is 5.91. The molecule has 0 amide bonds. The van der Waals surface area contributed by atoms with Crippen LogP contribution in [0.5, 0.6) is 11.5 Å². The smallest absolute Gasteiger partial charge is 0.312 e. The maximum Gasteiger partial charge on any atom is 0.312 e. The zero-order valence-corrected chi connectivity index (χ0v) is 13.4. The second-order valence-electron chi connectivity index (χ2n) is 5.91. The predicted octanol–water partition coefficient (Wildman–Crippen LogP) is 3.67. The van der Waals surface area contributed by atoms with Gasteiger partial charge in [-0.2, -0.15) is 0 Å². The number of fused-ring (bicyclic) bond motifs is 1. The fourth-order valence-corrected chi connectivity index (χ4v) is 2.94. The Morgan fingerprint density at radius 3 is 2.43 bits per heavy atom. The van der Waals surface area contributed by atoms with Crippen LogP contribution in [0.4, 0.5) is 0 Å². The third-order valence-electron chi connectivity index (χ3n) is 3.93. The lowest BCUT2D eigenvalue weighted by Gasteiger charge is -2.26. The highest BCUT2D eigenvalue weighted by molar-refractivity contribution is 5.78. The fourth-order valence-electron chi connectivity index (χ4n) is 2.94. The highest BCUT2D eigenvalue weighted by atomic mass is 16.5. The molecule has 0 bridgehead atoms. The summed E-state index contributed by atoms with van der Waals surface area (Å²) in [4.78, 5) is 23.4. The highest BCUT2D eigenvalue weighted by Gasteiger charge is 2.30. The Labute approximate surface area is 135 Å². The van der Waals surface area contributed by atoms with E-state index in [9.17, 15) is 9.59 Å². The van der Waals surface area contributed by atoms with E-state index in [-0.39, 0.29) is 24.3 Å². The standard InChI is InChI=1S/C19H18O4/c1-11-4-6-17(22-13(3)20)15(8-11)14-10-19(21)23-18-7-5-12(2)9-16(14)18/h4-9,14H,10H2,1-3H3. The average molecular weight is 310 g/mol. The number of carbonyl (C=O) groups excluding carboxylic acids is 2. The molecule has 0 saturated heterocycles. The Morgan fingerprint density at radius 2 is 1.74 bits per heavy atom. The van der Waals surface area contributed by atoms with Gasteiger partial charge >= 0.3 is 11.9 Å². The number of benzene rings is 2. The van der Waals surface area contributed by atoms with E-state index in [0.717, 1.165) is 22.3 Å². The number of hydrogen-bond donors (Lipinski definition) is 0. The minimum absolute atomic E-state index is 0.180. The molecule has 0 spiro atoms. The molecule has 118 valence electrons. The molecule has 1 aliphatic heterocycles. The summed E-state index contributed by atoms with van der Waals surface area (Å²) in [5.41, 5.74) is 3.92. The summed E-state index contributed by atoms with van der Waals surface area (Å²) in [5.74, 6) is 0.238. The lowest BCUT2D eigenvalue weighted by molar-refractivity contribution is -0.135. The van der Waals surface area contributed by atoms with Gasteiger partial charge in [-0.15, -0.1) is 0 Å². The zero-order valence-electron chi connectivity index (χ0n) is 13.4. The minimum atomic E-state index is -0.377. The van der Waals surface area contributed by atoms with E-state index in [2.05, 4.69) is 0 Å². The quantitative estimate of drug-likeness (QED) is 0.627. The van der Waals surface area contributed by atoms with Gasteiger partial charge in [0.15, 0.2) is 0 Å². The number of ether oxygens (including phenoxy) is 2. The molecule has 0 fully saturated rings. The van der Waals surface area contributed by atoms with Crippen molar-refractivity contribution in [3.05, 3.63) is 58.7 Å². The van der Waals surface area contributed by atoms with Crippen LogP contribution >= 0.6 is 0 Å². The van der Waals surface area contributed by atoms with Gasteiger partial charge in [0.05, 0.1) is 6.42 Å². The summed E-state index contributed by atoms with van der Waals surface area (Å²) < 4.78 is 10.7. The molecule has 1 heterocycles. The summed E-state index contributed by atoms with van der Waals surface area (Å²) in [6.07, 6.45) is 0.230. The molecule has 4 heteroatoms. The van der Waals surface area contributed by atoms with E-state index in [4.69, 9.17) is 9.47 Å². The van der Waals surface area contributed by atoms with Crippen LogP contribution in [0, 0.1) is 13.8 Å². The largest absolute Gasteiger partial charge is 0.426 e. The van der Waals surface area contributed by atoms with Crippen LogP contribution in [0.2, 0.25) is 0 Å². The van der Waals surface area contributed by atoms with Crippen molar-refractivity contribution < 1.29 is 19.1 Å². The van der Waals surface area contributed by atoms with E-state index in [1.165, 1.54) is 6.92 Å². The lowest BCUT2D eigenvalue weighted by atomic mass is 9.84. The second kappa shape index (κ2) is 5.88. The summed E-state index contributed by atoms with van der Waals surface area (Å²) >= 11 is 0. The van der Waals surface area contributed by atoms with Gasteiger partial charge in [0, 0.05) is 24.0 Å². The zero-order chi connectivity index (χ0) is 16.6. The summed E-state index contributed by atoms with van der Waals surface area (Å²) in [5, 5.41) is 0. The van der Waals surface area contributed by atoms with Crippen LogP contribution in [0.15, 0.2) is 36.4 Å². The van der Waals surface area contributed by atoms with Crippen LogP contribution in [-0.4, -0.2) is 11.9 Å². The van der Waals surface area contributed by atoms with E-state index >= 15 is 0 Å². The molecule has 0 N–H and O–H groups in total. The first-order valence-electron chi connectivity index (χ1n) is 7.54. The van der Waals surface area contributed by atoms with Crippen molar-refractivity contribution in [1.82, 2.24) is 0 Å². The van der Waals surface area contributed by atoms with Gasteiger partial charge in [0.2, 0.25) is 0 Å². The van der Waals surface area contributed by atoms with Gasteiger partial charge in [-0.25, -0.2) is 0 Å². The molecule has 3 rings (SSSR count). The van der Waals surface area contributed by atoms with Crippen LogP contribution in [0.3, 0.4) is 0 Å². The molecule has 2 aromatic rings. The van der Waals surface area contributed by atoms with Crippen LogP contribution in [-0.2, 0) is 9.59 Å². The topological polar surface area (TPSA) is 52.6 Å². The van der Waals surface area contributed by atoms with E-state index in [0.29, 0.717) is 11.5 Å². The number of esters is 2. The number of rotatable bonds is 2. The molecule has 1 atom stereocenters. The van der Waals surface area contributed by atoms with Gasteiger partial charge in [-0.1, -0.05) is 35.4 Å². The number of aryl methyl sites for hydroxylation is 2. The van der Waals surface area contributed by atoms with Crippen molar-refractivity contribution in [3.8, 4) is 11.5 Å². The summed E-state index contributed by atoms with van der Waals surface area (Å²) in [6.45, 7) is 5.34. The first-order valence-corrected chi connectivity index (χ1v) is 7.54. The fraction of sp³-hybridized carbons (Fsp3) is 0.263. The molecule has 0 radical (unpaired) electrons. The number of carbonyl (C=O) groups is 2. The van der Waals surface area contributed by atoms with E-state index < -0.39 is 0 Å². The van der Waals surface area contributed by atoms with Gasteiger partial charge in [-0.05, 0) is 26.0 Å². The van der Waals surface area contributed by atoms with E-state index in [1.54, 1.807) is 6.07 Å². The molecule has 0 saturated carbocycles. The Morgan fingerprint density at radius 1 is 1.09 bits per heavy atom. The van der Waals surface area contributed by atoms with Crippen molar-refractivity contribution in [2.75, 3.05) is 0 Å². The van der Waals surface area contributed by atoms with E-state index in [1.807, 2.05) is 44.2 Å². The summed E-state index contributed by atoms with van der Waals surface area (Å²) in [7, 11) is 0. The van der Waals surface area contributed by atoms with Crippen LogP contribution in [0.25, 0.3) is 0 Å². The van der Waals surface area contributed by atoms with Gasteiger partial charge in [-0.3, -0.25) is 9.59 Å². The molecular weight excluding hydrogens is 292 g/mol. The molecule has 23 heavy (non-hydrogen) atoms.